The fraction of sp³-hybridized carbons (Fsp3) is 0.750. The lowest BCUT2D eigenvalue weighted by Gasteiger charge is -2.17. The van der Waals surface area contributed by atoms with Gasteiger partial charge in [0.1, 0.15) is 0 Å². The number of rotatable bonds is 5. The molecule has 0 spiro atoms. The van der Waals surface area contributed by atoms with Gasteiger partial charge in [-0.05, 0) is 37.8 Å². The molecule has 2 rings (SSSR count). The first kappa shape index (κ1) is 10.7. The molecule has 0 bridgehead atoms. The Hall–Kier alpha value is -0.830. The first-order chi connectivity index (χ1) is 7.27. The molecular formula is C12H21N3. The third kappa shape index (κ3) is 2.07. The minimum atomic E-state index is 0.494. The summed E-state index contributed by atoms with van der Waals surface area (Å²) in [7, 11) is 2.05. The van der Waals surface area contributed by atoms with Gasteiger partial charge in [0, 0.05) is 12.7 Å². The highest BCUT2D eigenvalue weighted by molar-refractivity contribution is 5.12. The fourth-order valence-electron chi connectivity index (χ4n) is 2.40. The summed E-state index contributed by atoms with van der Waals surface area (Å²) in [6, 6.07) is 2.65. The zero-order chi connectivity index (χ0) is 10.8. The molecule has 1 heterocycles. The van der Waals surface area contributed by atoms with Crippen molar-refractivity contribution in [3.63, 3.8) is 0 Å². The van der Waals surface area contributed by atoms with Gasteiger partial charge in [0.25, 0.3) is 0 Å². The van der Waals surface area contributed by atoms with E-state index in [1.165, 1.54) is 12.1 Å². The third-order valence-corrected chi connectivity index (χ3v) is 3.41. The molecular weight excluding hydrogens is 186 g/mol. The van der Waals surface area contributed by atoms with Crippen molar-refractivity contribution in [1.82, 2.24) is 15.1 Å². The molecule has 1 aromatic heterocycles. The van der Waals surface area contributed by atoms with Gasteiger partial charge in [-0.25, -0.2) is 0 Å². The van der Waals surface area contributed by atoms with Gasteiger partial charge in [-0.2, -0.15) is 5.10 Å². The zero-order valence-corrected chi connectivity index (χ0v) is 9.90. The van der Waals surface area contributed by atoms with Gasteiger partial charge in [0.15, 0.2) is 0 Å². The van der Waals surface area contributed by atoms with E-state index in [-0.39, 0.29) is 0 Å². The average molecular weight is 207 g/mol. The maximum Gasteiger partial charge on any atom is 0.0556 e. The van der Waals surface area contributed by atoms with E-state index in [1.807, 2.05) is 6.20 Å². The number of hydrogen-bond donors (Lipinski definition) is 1. The Bertz CT molecular complexity index is 318. The third-order valence-electron chi connectivity index (χ3n) is 3.41. The molecule has 0 aromatic carbocycles. The molecule has 0 saturated heterocycles. The summed E-state index contributed by atoms with van der Waals surface area (Å²) in [5, 5.41) is 7.82. The summed E-state index contributed by atoms with van der Waals surface area (Å²) in [6.07, 6.45) is 4.41. The lowest BCUT2D eigenvalue weighted by atomic mass is 10.1. The Kier molecular flexibility index (Phi) is 3.10. The van der Waals surface area contributed by atoms with Crippen LogP contribution in [0.4, 0.5) is 0 Å². The van der Waals surface area contributed by atoms with Crippen LogP contribution in [0.1, 0.15) is 38.4 Å². The number of nitrogens with zero attached hydrogens (tertiary/aromatic N) is 2. The summed E-state index contributed by atoms with van der Waals surface area (Å²) in [6.45, 7) is 5.55. The molecule has 1 N–H and O–H groups in total. The predicted molar refractivity (Wildman–Crippen MR) is 61.6 cm³/mol. The SMILES string of the molecule is CCCn1nccc1C(NC)C1CC1C. The second-order valence-electron chi connectivity index (χ2n) is 4.62. The van der Waals surface area contributed by atoms with Gasteiger partial charge < -0.3 is 5.32 Å². The largest absolute Gasteiger partial charge is 0.311 e. The Morgan fingerprint density at radius 2 is 2.40 bits per heavy atom. The van der Waals surface area contributed by atoms with Crippen LogP contribution in [0.25, 0.3) is 0 Å². The molecule has 1 fully saturated rings. The van der Waals surface area contributed by atoms with Crippen molar-refractivity contribution in [1.29, 1.82) is 0 Å². The first-order valence-corrected chi connectivity index (χ1v) is 5.97. The highest BCUT2D eigenvalue weighted by Crippen LogP contribution is 2.46. The van der Waals surface area contributed by atoms with E-state index in [1.54, 1.807) is 0 Å². The summed E-state index contributed by atoms with van der Waals surface area (Å²) < 4.78 is 2.15. The Morgan fingerprint density at radius 3 is 2.93 bits per heavy atom. The second kappa shape index (κ2) is 4.35. The molecule has 3 heteroatoms. The second-order valence-corrected chi connectivity index (χ2v) is 4.62. The standard InChI is InChI=1S/C12H21N3/c1-4-7-15-11(5-6-14-15)12(13-3)10-8-9(10)2/h5-6,9-10,12-13H,4,7-8H2,1-3H3. The van der Waals surface area contributed by atoms with Gasteiger partial charge >= 0.3 is 0 Å². The van der Waals surface area contributed by atoms with Crippen molar-refractivity contribution < 1.29 is 0 Å². The molecule has 0 aliphatic heterocycles. The molecule has 3 unspecified atom stereocenters. The van der Waals surface area contributed by atoms with Gasteiger partial charge in [-0.1, -0.05) is 13.8 Å². The van der Waals surface area contributed by atoms with Crippen LogP contribution in [0.15, 0.2) is 12.3 Å². The number of aryl methyl sites for hydroxylation is 1. The van der Waals surface area contributed by atoms with Crippen LogP contribution in [0.2, 0.25) is 0 Å². The van der Waals surface area contributed by atoms with E-state index in [9.17, 15) is 0 Å². The Labute approximate surface area is 91.9 Å². The molecule has 0 amide bonds. The van der Waals surface area contributed by atoms with Crippen molar-refractivity contribution in [3.05, 3.63) is 18.0 Å². The number of nitrogens with one attached hydrogen (secondary N) is 1. The molecule has 1 aliphatic carbocycles. The topological polar surface area (TPSA) is 29.9 Å². The number of aromatic nitrogens is 2. The lowest BCUT2D eigenvalue weighted by molar-refractivity contribution is 0.448. The lowest BCUT2D eigenvalue weighted by Crippen LogP contribution is -2.22. The van der Waals surface area contributed by atoms with Crippen LogP contribution >= 0.6 is 0 Å². The molecule has 3 nitrogen and oxygen atoms in total. The highest BCUT2D eigenvalue weighted by Gasteiger charge is 2.40. The van der Waals surface area contributed by atoms with Gasteiger partial charge in [-0.3, -0.25) is 4.68 Å². The number of hydrogen-bond acceptors (Lipinski definition) is 2. The highest BCUT2D eigenvalue weighted by atomic mass is 15.3. The summed E-state index contributed by atoms with van der Waals surface area (Å²) >= 11 is 0. The monoisotopic (exact) mass is 207 g/mol. The quantitative estimate of drug-likeness (QED) is 0.802. The van der Waals surface area contributed by atoms with Crippen LogP contribution in [-0.4, -0.2) is 16.8 Å². The van der Waals surface area contributed by atoms with Gasteiger partial charge in [0.2, 0.25) is 0 Å². The van der Waals surface area contributed by atoms with Crippen molar-refractivity contribution in [2.75, 3.05) is 7.05 Å². The molecule has 15 heavy (non-hydrogen) atoms. The van der Waals surface area contributed by atoms with Crippen LogP contribution in [0.3, 0.4) is 0 Å². The maximum absolute atomic E-state index is 4.39. The Morgan fingerprint density at radius 1 is 1.67 bits per heavy atom. The summed E-state index contributed by atoms with van der Waals surface area (Å²) in [5.41, 5.74) is 1.36. The zero-order valence-electron chi connectivity index (χ0n) is 9.90. The van der Waals surface area contributed by atoms with Crippen molar-refractivity contribution in [2.24, 2.45) is 11.8 Å². The molecule has 3 atom stereocenters. The molecule has 1 saturated carbocycles. The van der Waals surface area contributed by atoms with Crippen molar-refractivity contribution >= 4 is 0 Å². The van der Waals surface area contributed by atoms with E-state index in [2.05, 4.69) is 42.1 Å². The van der Waals surface area contributed by atoms with Crippen molar-refractivity contribution in [3.8, 4) is 0 Å². The van der Waals surface area contributed by atoms with Gasteiger partial charge in [-0.15, -0.1) is 0 Å². The van der Waals surface area contributed by atoms with Crippen molar-refractivity contribution in [2.45, 2.75) is 39.3 Å². The van der Waals surface area contributed by atoms with E-state index >= 15 is 0 Å². The average Bonchev–Trinajstić information content (AvgIpc) is 2.76. The molecule has 84 valence electrons. The molecule has 1 aromatic rings. The fourth-order valence-corrected chi connectivity index (χ4v) is 2.40. The minimum Gasteiger partial charge on any atom is -0.311 e. The summed E-state index contributed by atoms with van der Waals surface area (Å²) in [5.74, 6) is 1.68. The van der Waals surface area contributed by atoms with E-state index < -0.39 is 0 Å². The summed E-state index contributed by atoms with van der Waals surface area (Å²) in [4.78, 5) is 0. The van der Waals surface area contributed by atoms with E-state index in [0.29, 0.717) is 6.04 Å². The predicted octanol–water partition coefficient (Wildman–Crippen LogP) is 2.21. The Balaban J connectivity index is 2.14. The van der Waals surface area contributed by atoms with Crippen LogP contribution in [0, 0.1) is 11.8 Å². The first-order valence-electron chi connectivity index (χ1n) is 5.97. The van der Waals surface area contributed by atoms with E-state index in [0.717, 1.165) is 24.8 Å². The van der Waals surface area contributed by atoms with E-state index in [4.69, 9.17) is 0 Å². The van der Waals surface area contributed by atoms with Crippen LogP contribution < -0.4 is 5.32 Å². The smallest absolute Gasteiger partial charge is 0.0556 e. The van der Waals surface area contributed by atoms with Gasteiger partial charge in [0.05, 0.1) is 11.7 Å². The van der Waals surface area contributed by atoms with Crippen LogP contribution in [-0.2, 0) is 6.54 Å². The molecule has 0 radical (unpaired) electrons. The molecule has 1 aliphatic rings. The van der Waals surface area contributed by atoms with Crippen LogP contribution in [0.5, 0.6) is 0 Å². The maximum atomic E-state index is 4.39. The normalized spacial score (nSPS) is 26.6. The minimum absolute atomic E-state index is 0.494.